The summed E-state index contributed by atoms with van der Waals surface area (Å²) in [6.07, 6.45) is 3.37. The number of ether oxygens (including phenoxy) is 1. The Morgan fingerprint density at radius 2 is 2.37 bits per heavy atom. The first-order valence-corrected chi connectivity index (χ1v) is 5.80. The number of fused-ring (bicyclic) bond motifs is 1. The molecular formula is C12H12N4O2S. The van der Waals surface area contributed by atoms with Crippen molar-refractivity contribution < 1.29 is 9.53 Å². The van der Waals surface area contributed by atoms with E-state index in [4.69, 9.17) is 5.73 Å². The topological polar surface area (TPSA) is 92.5 Å². The molecule has 1 aromatic heterocycles. The zero-order chi connectivity index (χ0) is 13.8. The molecule has 7 heteroatoms. The molecular weight excluding hydrogens is 264 g/mol. The number of nitrogens with zero attached hydrogens (tertiary/aromatic N) is 1. The third-order valence-electron chi connectivity index (χ3n) is 2.51. The maximum Gasteiger partial charge on any atom is 0.337 e. The van der Waals surface area contributed by atoms with E-state index in [0.29, 0.717) is 5.56 Å². The van der Waals surface area contributed by atoms with Gasteiger partial charge in [0.15, 0.2) is 5.11 Å². The van der Waals surface area contributed by atoms with E-state index < -0.39 is 0 Å². The quantitative estimate of drug-likeness (QED) is 0.338. The molecule has 6 nitrogen and oxygen atoms in total. The Morgan fingerprint density at radius 3 is 3.05 bits per heavy atom. The summed E-state index contributed by atoms with van der Waals surface area (Å²) in [5, 5.41) is 4.92. The smallest absolute Gasteiger partial charge is 0.337 e. The number of carbonyl (C=O) groups excluding carboxylic acids is 1. The fourth-order valence-corrected chi connectivity index (χ4v) is 1.72. The molecule has 0 fully saturated rings. The van der Waals surface area contributed by atoms with Crippen LogP contribution in [0, 0.1) is 0 Å². The van der Waals surface area contributed by atoms with Gasteiger partial charge in [0.05, 0.1) is 18.9 Å². The van der Waals surface area contributed by atoms with Crippen LogP contribution in [0.2, 0.25) is 0 Å². The number of benzene rings is 1. The van der Waals surface area contributed by atoms with Crippen LogP contribution in [0.5, 0.6) is 0 Å². The number of nitrogens with two attached hydrogens (primary N) is 1. The van der Waals surface area contributed by atoms with Crippen LogP contribution in [0.25, 0.3) is 10.9 Å². The Kier molecular flexibility index (Phi) is 3.76. The number of aromatic amines is 1. The second kappa shape index (κ2) is 5.49. The molecule has 0 saturated heterocycles. The highest BCUT2D eigenvalue weighted by molar-refractivity contribution is 7.80. The number of hydrazone groups is 1. The van der Waals surface area contributed by atoms with E-state index in [0.717, 1.165) is 16.5 Å². The Labute approximate surface area is 114 Å². The van der Waals surface area contributed by atoms with Crippen LogP contribution in [0.3, 0.4) is 0 Å². The lowest BCUT2D eigenvalue weighted by molar-refractivity contribution is 0.0601. The molecule has 0 aliphatic carbocycles. The van der Waals surface area contributed by atoms with Crippen LogP contribution in [0.1, 0.15) is 15.9 Å². The number of carbonyl (C=O) groups is 1. The lowest BCUT2D eigenvalue weighted by Gasteiger charge is -1.99. The van der Waals surface area contributed by atoms with Gasteiger partial charge in [-0.15, -0.1) is 0 Å². The summed E-state index contributed by atoms with van der Waals surface area (Å²) in [6.45, 7) is 0. The van der Waals surface area contributed by atoms with Crippen molar-refractivity contribution in [2.24, 2.45) is 10.8 Å². The van der Waals surface area contributed by atoms with E-state index in [2.05, 4.69) is 32.5 Å². The normalized spacial score (nSPS) is 10.8. The molecule has 0 saturated carbocycles. The van der Waals surface area contributed by atoms with Gasteiger partial charge in [-0.3, -0.25) is 5.43 Å². The molecule has 2 aromatic rings. The maximum absolute atomic E-state index is 11.4. The van der Waals surface area contributed by atoms with Gasteiger partial charge in [0.1, 0.15) is 0 Å². The van der Waals surface area contributed by atoms with Crippen molar-refractivity contribution in [1.82, 2.24) is 10.4 Å². The number of methoxy groups -OCH3 is 1. The fraction of sp³-hybridized carbons (Fsp3) is 0.0833. The average molecular weight is 276 g/mol. The predicted octanol–water partition coefficient (Wildman–Crippen LogP) is 1.12. The zero-order valence-electron chi connectivity index (χ0n) is 10.1. The molecule has 0 aliphatic heterocycles. The summed E-state index contributed by atoms with van der Waals surface area (Å²) < 4.78 is 4.67. The highest BCUT2D eigenvalue weighted by Crippen LogP contribution is 2.18. The Balaban J connectivity index is 2.31. The van der Waals surface area contributed by atoms with Crippen LogP contribution in [-0.2, 0) is 4.74 Å². The summed E-state index contributed by atoms with van der Waals surface area (Å²) in [7, 11) is 1.35. The number of thiocarbonyl (C=S) groups is 1. The van der Waals surface area contributed by atoms with Gasteiger partial charge in [0.25, 0.3) is 0 Å². The van der Waals surface area contributed by atoms with Crippen molar-refractivity contribution in [2.45, 2.75) is 0 Å². The standard InChI is InChI=1S/C12H12N4O2S/c1-18-11(17)7-2-3-9-8(5-14-10(9)4-7)6-15-16-12(13)19/h2-6,14H,1H3,(H3,13,16,19)/b15-6+. The van der Waals surface area contributed by atoms with Crippen LogP contribution in [0.15, 0.2) is 29.5 Å². The number of hydrogen-bond donors (Lipinski definition) is 3. The van der Waals surface area contributed by atoms with E-state index in [-0.39, 0.29) is 11.1 Å². The van der Waals surface area contributed by atoms with Crippen molar-refractivity contribution in [3.05, 3.63) is 35.5 Å². The first kappa shape index (κ1) is 13.0. The number of esters is 1. The lowest BCUT2D eigenvalue weighted by atomic mass is 10.1. The lowest BCUT2D eigenvalue weighted by Crippen LogP contribution is -2.23. The molecule has 1 aromatic carbocycles. The monoisotopic (exact) mass is 276 g/mol. The van der Waals surface area contributed by atoms with E-state index in [1.54, 1.807) is 24.5 Å². The molecule has 0 spiro atoms. The second-order valence-corrected chi connectivity index (χ2v) is 4.17. The van der Waals surface area contributed by atoms with Gasteiger partial charge in [0.2, 0.25) is 0 Å². The molecule has 0 radical (unpaired) electrons. The summed E-state index contributed by atoms with van der Waals surface area (Å²) >= 11 is 4.64. The molecule has 98 valence electrons. The zero-order valence-corrected chi connectivity index (χ0v) is 11.0. The molecule has 2 rings (SSSR count). The van der Waals surface area contributed by atoms with Crippen LogP contribution < -0.4 is 11.2 Å². The number of nitrogens with one attached hydrogen (secondary N) is 2. The SMILES string of the molecule is COC(=O)c1ccc2c(/C=N/NC(N)=S)c[nH]c2c1. The summed E-state index contributed by atoms with van der Waals surface area (Å²) in [6, 6.07) is 5.24. The van der Waals surface area contributed by atoms with Crippen molar-refractivity contribution in [1.29, 1.82) is 0 Å². The van der Waals surface area contributed by atoms with E-state index >= 15 is 0 Å². The largest absolute Gasteiger partial charge is 0.465 e. The van der Waals surface area contributed by atoms with Crippen LogP contribution in [0.4, 0.5) is 0 Å². The molecule has 0 atom stereocenters. The molecule has 0 bridgehead atoms. The maximum atomic E-state index is 11.4. The molecule has 19 heavy (non-hydrogen) atoms. The number of aromatic nitrogens is 1. The minimum Gasteiger partial charge on any atom is -0.465 e. The Bertz CT molecular complexity index is 663. The molecule has 0 aliphatic rings. The third-order valence-corrected chi connectivity index (χ3v) is 2.60. The molecule has 1 heterocycles. The van der Waals surface area contributed by atoms with Crippen molar-refractivity contribution >= 4 is 40.4 Å². The van der Waals surface area contributed by atoms with E-state index in [1.165, 1.54) is 7.11 Å². The highest BCUT2D eigenvalue weighted by atomic mass is 32.1. The average Bonchev–Trinajstić information content (AvgIpc) is 2.80. The van der Waals surface area contributed by atoms with Gasteiger partial charge in [-0.05, 0) is 24.4 Å². The minimum absolute atomic E-state index is 0.101. The van der Waals surface area contributed by atoms with Gasteiger partial charge in [-0.2, -0.15) is 5.10 Å². The van der Waals surface area contributed by atoms with Gasteiger partial charge in [0, 0.05) is 22.7 Å². The minimum atomic E-state index is -0.373. The van der Waals surface area contributed by atoms with Crippen LogP contribution >= 0.6 is 12.2 Å². The molecule has 4 N–H and O–H groups in total. The fourth-order valence-electron chi connectivity index (χ4n) is 1.67. The van der Waals surface area contributed by atoms with Crippen molar-refractivity contribution in [3.8, 4) is 0 Å². The van der Waals surface area contributed by atoms with Crippen LogP contribution in [-0.4, -0.2) is 29.4 Å². The number of H-pyrrole nitrogens is 1. The first-order valence-electron chi connectivity index (χ1n) is 5.40. The van der Waals surface area contributed by atoms with Crippen molar-refractivity contribution in [2.75, 3.05) is 7.11 Å². The Hall–Kier alpha value is -2.41. The number of hydrogen-bond acceptors (Lipinski definition) is 4. The van der Waals surface area contributed by atoms with Gasteiger partial charge in [-0.1, -0.05) is 6.07 Å². The molecule has 0 amide bonds. The van der Waals surface area contributed by atoms with Gasteiger partial charge in [-0.25, -0.2) is 4.79 Å². The van der Waals surface area contributed by atoms with Gasteiger partial charge >= 0.3 is 5.97 Å². The number of rotatable bonds is 3. The molecule has 0 unspecified atom stereocenters. The summed E-state index contributed by atoms with van der Waals surface area (Å²) in [5.41, 5.74) is 9.90. The van der Waals surface area contributed by atoms with E-state index in [9.17, 15) is 4.79 Å². The third kappa shape index (κ3) is 2.89. The van der Waals surface area contributed by atoms with Crippen molar-refractivity contribution in [3.63, 3.8) is 0 Å². The highest BCUT2D eigenvalue weighted by Gasteiger charge is 2.08. The van der Waals surface area contributed by atoms with Gasteiger partial charge < -0.3 is 15.5 Å². The van der Waals surface area contributed by atoms with E-state index in [1.807, 2.05) is 6.07 Å². The Morgan fingerprint density at radius 1 is 1.58 bits per heavy atom. The predicted molar refractivity (Wildman–Crippen MR) is 77.2 cm³/mol. The second-order valence-electron chi connectivity index (χ2n) is 3.73. The summed E-state index contributed by atoms with van der Waals surface area (Å²) in [5.74, 6) is -0.373. The summed E-state index contributed by atoms with van der Waals surface area (Å²) in [4.78, 5) is 14.5. The first-order chi connectivity index (χ1) is 9.11.